The van der Waals surface area contributed by atoms with Crippen LogP contribution in [0.15, 0.2) is 0 Å². The van der Waals surface area contributed by atoms with Crippen molar-refractivity contribution in [2.24, 2.45) is 0 Å². The molecule has 0 aromatic rings. The molecule has 0 aliphatic rings. The van der Waals surface area contributed by atoms with Crippen LogP contribution < -0.4 is 9.44 Å². The molecule has 0 amide bonds. The first-order valence-electron chi connectivity index (χ1n) is 1.81. The van der Waals surface area contributed by atoms with Gasteiger partial charge in [-0.25, -0.2) is 8.42 Å². The van der Waals surface area contributed by atoms with Gasteiger partial charge < -0.3 is 0 Å². The summed E-state index contributed by atoms with van der Waals surface area (Å²) >= 11 is -4.28. The molecule has 2 unspecified atom stereocenters. The standard InChI is InChI=1S/CH6N2O4S2/c4-8(5)2-1-3-9(6)7/h2-3H,1H2,(H,4,5)(H,6,7). The highest BCUT2D eigenvalue weighted by Crippen LogP contribution is 1.61. The van der Waals surface area contributed by atoms with Gasteiger partial charge in [0.2, 0.25) is 22.5 Å². The van der Waals surface area contributed by atoms with Crippen molar-refractivity contribution in [1.82, 2.24) is 9.44 Å². The van der Waals surface area contributed by atoms with Crippen LogP contribution >= 0.6 is 0 Å². The minimum absolute atomic E-state index is 0.188. The molecular weight excluding hydrogens is 168 g/mol. The second-order valence-electron chi connectivity index (χ2n) is 0.964. The Labute approximate surface area is 56.9 Å². The predicted octanol–water partition coefficient (Wildman–Crippen LogP) is -1.60. The molecule has 8 heteroatoms. The van der Waals surface area contributed by atoms with E-state index in [0.29, 0.717) is 0 Å². The normalized spacial score (nSPS) is 17.1. The molecule has 0 aromatic heterocycles. The molecule has 0 aliphatic heterocycles. The van der Waals surface area contributed by atoms with Gasteiger partial charge in [-0.2, -0.15) is 9.44 Å². The van der Waals surface area contributed by atoms with Crippen LogP contribution in [-0.4, -0.2) is 24.2 Å². The molecule has 0 spiro atoms. The van der Waals surface area contributed by atoms with Crippen molar-refractivity contribution >= 4 is 22.5 Å². The van der Waals surface area contributed by atoms with E-state index < -0.39 is 22.5 Å². The molecule has 9 heavy (non-hydrogen) atoms. The third-order valence-corrected chi connectivity index (χ3v) is 1.17. The van der Waals surface area contributed by atoms with Crippen LogP contribution in [0.2, 0.25) is 0 Å². The quantitative estimate of drug-likeness (QED) is 0.304. The van der Waals surface area contributed by atoms with Gasteiger partial charge in [-0.3, -0.25) is 9.11 Å². The second-order valence-corrected chi connectivity index (χ2v) is 2.54. The predicted molar refractivity (Wildman–Crippen MR) is 32.7 cm³/mol. The summed E-state index contributed by atoms with van der Waals surface area (Å²) in [6.07, 6.45) is 0. The summed E-state index contributed by atoms with van der Waals surface area (Å²) in [6, 6.07) is 0. The molecule has 56 valence electrons. The fourth-order valence-corrected chi connectivity index (χ4v) is 0.636. The van der Waals surface area contributed by atoms with E-state index >= 15 is 0 Å². The highest BCUT2D eigenvalue weighted by atomic mass is 32.2. The van der Waals surface area contributed by atoms with Crippen LogP contribution in [0, 0.1) is 0 Å². The minimum Gasteiger partial charge on any atom is -0.294 e. The highest BCUT2D eigenvalue weighted by Gasteiger charge is 1.91. The van der Waals surface area contributed by atoms with Crippen molar-refractivity contribution in [3.8, 4) is 0 Å². The van der Waals surface area contributed by atoms with Crippen LogP contribution in [0.1, 0.15) is 0 Å². The Balaban J connectivity index is 3.10. The van der Waals surface area contributed by atoms with E-state index in [-0.39, 0.29) is 6.67 Å². The lowest BCUT2D eigenvalue weighted by Crippen LogP contribution is -2.30. The van der Waals surface area contributed by atoms with E-state index in [4.69, 9.17) is 9.11 Å². The maximum Gasteiger partial charge on any atom is 0.232 e. The van der Waals surface area contributed by atoms with E-state index in [1.165, 1.54) is 0 Å². The van der Waals surface area contributed by atoms with Gasteiger partial charge in [0.25, 0.3) is 0 Å². The van der Waals surface area contributed by atoms with Crippen LogP contribution in [0.25, 0.3) is 0 Å². The second kappa shape index (κ2) is 4.97. The summed E-state index contributed by atoms with van der Waals surface area (Å²) in [4.78, 5) is 0. The van der Waals surface area contributed by atoms with E-state index in [9.17, 15) is 8.42 Å². The summed E-state index contributed by atoms with van der Waals surface area (Å²) in [7, 11) is 0. The summed E-state index contributed by atoms with van der Waals surface area (Å²) in [6.45, 7) is -0.188. The van der Waals surface area contributed by atoms with Crippen molar-refractivity contribution in [3.05, 3.63) is 0 Å². The highest BCUT2D eigenvalue weighted by molar-refractivity contribution is 7.77. The van der Waals surface area contributed by atoms with Crippen molar-refractivity contribution in [1.29, 1.82) is 0 Å². The zero-order chi connectivity index (χ0) is 7.28. The van der Waals surface area contributed by atoms with E-state index in [2.05, 4.69) is 0 Å². The number of hydrogen-bond acceptors (Lipinski definition) is 2. The van der Waals surface area contributed by atoms with Crippen molar-refractivity contribution in [2.45, 2.75) is 0 Å². The molecule has 2 atom stereocenters. The maximum atomic E-state index is 9.76. The zero-order valence-corrected chi connectivity index (χ0v) is 5.87. The Hall–Kier alpha value is 0.140. The molecule has 0 rings (SSSR count). The maximum absolute atomic E-state index is 9.76. The third kappa shape index (κ3) is 8.14. The molecule has 0 bridgehead atoms. The van der Waals surface area contributed by atoms with E-state index in [0.717, 1.165) is 0 Å². The molecule has 0 heterocycles. The van der Waals surface area contributed by atoms with Gasteiger partial charge in [-0.15, -0.1) is 0 Å². The lowest BCUT2D eigenvalue weighted by atomic mass is 11.3. The van der Waals surface area contributed by atoms with Gasteiger partial charge in [-0.05, 0) is 0 Å². The molecule has 4 N–H and O–H groups in total. The average molecular weight is 174 g/mol. The van der Waals surface area contributed by atoms with Crippen LogP contribution in [0.5, 0.6) is 0 Å². The van der Waals surface area contributed by atoms with Gasteiger partial charge in [-0.1, -0.05) is 0 Å². The summed E-state index contributed by atoms with van der Waals surface area (Å²) in [5, 5.41) is 0. The Bertz CT molecular complexity index is 112. The van der Waals surface area contributed by atoms with Gasteiger partial charge in [0.15, 0.2) is 0 Å². The summed E-state index contributed by atoms with van der Waals surface area (Å²) in [5.74, 6) is 0. The fraction of sp³-hybridized carbons (Fsp3) is 1.00. The Kier molecular flexibility index (Phi) is 5.04. The largest absolute Gasteiger partial charge is 0.294 e. The summed E-state index contributed by atoms with van der Waals surface area (Å²) < 4.78 is 39.4. The van der Waals surface area contributed by atoms with Gasteiger partial charge in [0.1, 0.15) is 0 Å². The Morgan fingerprint density at radius 2 is 1.44 bits per heavy atom. The molecular formula is CH6N2O4S2. The van der Waals surface area contributed by atoms with Gasteiger partial charge in [0, 0.05) is 0 Å². The van der Waals surface area contributed by atoms with Crippen LogP contribution in [0.3, 0.4) is 0 Å². The topological polar surface area (TPSA) is 98.7 Å². The van der Waals surface area contributed by atoms with Crippen molar-refractivity contribution in [3.63, 3.8) is 0 Å². The SMILES string of the molecule is O=S(O)NCNS(=O)O. The number of rotatable bonds is 4. The molecule has 0 aliphatic carbocycles. The smallest absolute Gasteiger partial charge is 0.232 e. The fourth-order valence-electron chi connectivity index (χ4n) is 0.153. The molecule has 0 saturated carbocycles. The third-order valence-electron chi connectivity index (χ3n) is 0.391. The van der Waals surface area contributed by atoms with Crippen molar-refractivity contribution in [2.75, 3.05) is 6.67 Å². The molecule has 0 aromatic carbocycles. The minimum atomic E-state index is -2.14. The van der Waals surface area contributed by atoms with E-state index in [1.807, 2.05) is 9.44 Å². The molecule has 0 radical (unpaired) electrons. The first-order chi connectivity index (χ1) is 4.13. The monoisotopic (exact) mass is 174 g/mol. The summed E-state index contributed by atoms with van der Waals surface area (Å²) in [5.41, 5.74) is 0. The molecule has 6 nitrogen and oxygen atoms in total. The Morgan fingerprint density at radius 1 is 1.11 bits per heavy atom. The number of nitrogens with one attached hydrogen (secondary N) is 2. The first-order valence-corrected chi connectivity index (χ1v) is 4.03. The van der Waals surface area contributed by atoms with Crippen molar-refractivity contribution < 1.29 is 17.5 Å². The lowest BCUT2D eigenvalue weighted by molar-refractivity contribution is 0.536. The molecule has 0 fully saturated rings. The van der Waals surface area contributed by atoms with Crippen LogP contribution in [0.4, 0.5) is 0 Å². The van der Waals surface area contributed by atoms with E-state index in [1.54, 1.807) is 0 Å². The van der Waals surface area contributed by atoms with Crippen LogP contribution in [-0.2, 0) is 22.5 Å². The lowest BCUT2D eigenvalue weighted by Gasteiger charge is -1.95. The molecule has 0 saturated heterocycles. The zero-order valence-electron chi connectivity index (χ0n) is 4.23. The first kappa shape index (κ1) is 9.14. The van der Waals surface area contributed by atoms with Gasteiger partial charge >= 0.3 is 0 Å². The van der Waals surface area contributed by atoms with Gasteiger partial charge in [0.05, 0.1) is 6.67 Å². The average Bonchev–Trinajstić information content (AvgIpc) is 1.63. The number of hydrogen-bond donors (Lipinski definition) is 4. The Morgan fingerprint density at radius 3 is 1.67 bits per heavy atom.